The molecule has 0 aliphatic heterocycles. The van der Waals surface area contributed by atoms with Gasteiger partial charge in [0.15, 0.2) is 0 Å². The third kappa shape index (κ3) is 2.43. The van der Waals surface area contributed by atoms with Gasteiger partial charge in [0.05, 0.1) is 0 Å². The van der Waals surface area contributed by atoms with E-state index >= 15 is 0 Å². The van der Waals surface area contributed by atoms with Crippen LogP contribution in [0.2, 0.25) is 0 Å². The molecule has 2 rings (SSSR count). The van der Waals surface area contributed by atoms with Crippen molar-refractivity contribution in [1.82, 2.24) is 4.98 Å². The first-order chi connectivity index (χ1) is 6.79. The molecular formula is C13H15N. The first-order valence-electron chi connectivity index (χ1n) is 4.66. The summed E-state index contributed by atoms with van der Waals surface area (Å²) in [7, 11) is 0. The lowest BCUT2D eigenvalue weighted by molar-refractivity contribution is 1.31. The second kappa shape index (κ2) is 5.18. The van der Waals surface area contributed by atoms with Gasteiger partial charge in [-0.15, -0.1) is 6.58 Å². The van der Waals surface area contributed by atoms with E-state index in [2.05, 4.69) is 36.7 Å². The quantitative estimate of drug-likeness (QED) is 0.570. The Balaban J connectivity index is 0.000000293. The molecule has 0 saturated heterocycles. The fraction of sp³-hybridized carbons (Fsp3) is 0.154. The molecule has 0 fully saturated rings. The molecule has 0 spiro atoms. The maximum absolute atomic E-state index is 4.11. The number of pyridine rings is 1. The Kier molecular flexibility index (Phi) is 3.86. The predicted molar refractivity (Wildman–Crippen MR) is 62.4 cm³/mol. The summed E-state index contributed by atoms with van der Waals surface area (Å²) in [6, 6.07) is 8.28. The van der Waals surface area contributed by atoms with Gasteiger partial charge in [-0.25, -0.2) is 0 Å². The zero-order chi connectivity index (χ0) is 10.4. The highest BCUT2D eigenvalue weighted by molar-refractivity contribution is 5.84. The SMILES string of the molecule is C=CC.Cc1cncc2ccccc12. The van der Waals surface area contributed by atoms with Crippen molar-refractivity contribution < 1.29 is 0 Å². The number of hydrogen-bond acceptors (Lipinski definition) is 1. The van der Waals surface area contributed by atoms with Crippen LogP contribution in [0.5, 0.6) is 0 Å². The first-order valence-corrected chi connectivity index (χ1v) is 4.66. The molecule has 1 heterocycles. The molecule has 1 nitrogen and oxygen atoms in total. The van der Waals surface area contributed by atoms with Gasteiger partial charge in [0.2, 0.25) is 0 Å². The van der Waals surface area contributed by atoms with Crippen LogP contribution in [0.25, 0.3) is 10.8 Å². The summed E-state index contributed by atoms with van der Waals surface area (Å²) in [6.07, 6.45) is 5.53. The minimum atomic E-state index is 1.22. The van der Waals surface area contributed by atoms with Gasteiger partial charge >= 0.3 is 0 Å². The van der Waals surface area contributed by atoms with E-state index in [9.17, 15) is 0 Å². The fourth-order valence-electron chi connectivity index (χ4n) is 1.27. The van der Waals surface area contributed by atoms with Crippen LogP contribution in [-0.4, -0.2) is 4.98 Å². The van der Waals surface area contributed by atoms with Crippen LogP contribution >= 0.6 is 0 Å². The second-order valence-electron chi connectivity index (χ2n) is 3.09. The third-order valence-corrected chi connectivity index (χ3v) is 1.87. The molecule has 0 radical (unpaired) electrons. The molecule has 0 unspecified atom stereocenters. The van der Waals surface area contributed by atoms with Gasteiger partial charge in [-0.3, -0.25) is 4.98 Å². The lowest BCUT2D eigenvalue weighted by atomic mass is 10.1. The Morgan fingerprint density at radius 3 is 2.50 bits per heavy atom. The molecule has 0 amide bonds. The predicted octanol–water partition coefficient (Wildman–Crippen LogP) is 3.74. The average Bonchev–Trinajstić information content (AvgIpc) is 2.20. The number of rotatable bonds is 0. The van der Waals surface area contributed by atoms with Crippen molar-refractivity contribution in [2.24, 2.45) is 0 Å². The van der Waals surface area contributed by atoms with E-state index in [4.69, 9.17) is 0 Å². The van der Waals surface area contributed by atoms with Crippen molar-refractivity contribution in [3.05, 3.63) is 54.9 Å². The molecular weight excluding hydrogens is 170 g/mol. The number of hydrogen-bond donors (Lipinski definition) is 0. The Morgan fingerprint density at radius 1 is 1.21 bits per heavy atom. The summed E-state index contributed by atoms with van der Waals surface area (Å²) < 4.78 is 0. The van der Waals surface area contributed by atoms with Gasteiger partial charge < -0.3 is 0 Å². The van der Waals surface area contributed by atoms with E-state index in [1.807, 2.05) is 25.4 Å². The highest BCUT2D eigenvalue weighted by atomic mass is 14.6. The summed E-state index contributed by atoms with van der Waals surface area (Å²) in [6.45, 7) is 7.33. The molecule has 1 aromatic heterocycles. The van der Waals surface area contributed by atoms with Gasteiger partial charge in [-0.1, -0.05) is 30.3 Å². The number of aryl methyl sites for hydroxylation is 1. The maximum atomic E-state index is 4.11. The Hall–Kier alpha value is -1.63. The summed E-state index contributed by atoms with van der Waals surface area (Å²) in [5.41, 5.74) is 1.24. The van der Waals surface area contributed by atoms with Gasteiger partial charge in [0.25, 0.3) is 0 Å². The zero-order valence-electron chi connectivity index (χ0n) is 8.70. The second-order valence-corrected chi connectivity index (χ2v) is 3.09. The monoisotopic (exact) mass is 185 g/mol. The molecule has 14 heavy (non-hydrogen) atoms. The molecule has 0 aliphatic carbocycles. The number of fused-ring (bicyclic) bond motifs is 1. The van der Waals surface area contributed by atoms with Crippen molar-refractivity contribution >= 4 is 10.8 Å². The highest BCUT2D eigenvalue weighted by Crippen LogP contribution is 2.14. The van der Waals surface area contributed by atoms with Crippen molar-refractivity contribution in [3.8, 4) is 0 Å². The summed E-state index contributed by atoms with van der Waals surface area (Å²) in [5, 5.41) is 2.51. The lowest BCUT2D eigenvalue weighted by Crippen LogP contribution is -1.79. The van der Waals surface area contributed by atoms with Gasteiger partial charge in [0.1, 0.15) is 0 Å². The smallest absolute Gasteiger partial charge is 0.0346 e. The fourth-order valence-corrected chi connectivity index (χ4v) is 1.27. The standard InChI is InChI=1S/C10H9N.C3H6/c1-8-6-11-7-9-4-2-3-5-10(8)9;1-3-2/h2-7H,1H3;3H,1H2,2H3. The van der Waals surface area contributed by atoms with E-state index < -0.39 is 0 Å². The zero-order valence-corrected chi connectivity index (χ0v) is 8.70. The maximum Gasteiger partial charge on any atom is 0.0346 e. The van der Waals surface area contributed by atoms with E-state index in [0.29, 0.717) is 0 Å². The molecule has 72 valence electrons. The average molecular weight is 185 g/mol. The van der Waals surface area contributed by atoms with Crippen LogP contribution in [0.4, 0.5) is 0 Å². The third-order valence-electron chi connectivity index (χ3n) is 1.87. The molecule has 0 aliphatic rings. The number of nitrogens with zero attached hydrogens (tertiary/aromatic N) is 1. The molecule has 0 atom stereocenters. The van der Waals surface area contributed by atoms with E-state index in [0.717, 1.165) is 0 Å². The Bertz CT molecular complexity index is 413. The van der Waals surface area contributed by atoms with Crippen molar-refractivity contribution in [3.63, 3.8) is 0 Å². The molecule has 0 N–H and O–H groups in total. The molecule has 2 aromatic rings. The van der Waals surface area contributed by atoms with Crippen LogP contribution < -0.4 is 0 Å². The minimum absolute atomic E-state index is 1.22. The van der Waals surface area contributed by atoms with Crippen molar-refractivity contribution in [2.75, 3.05) is 0 Å². The summed E-state index contributed by atoms with van der Waals surface area (Å²) in [5.74, 6) is 0. The van der Waals surface area contributed by atoms with E-state index in [-0.39, 0.29) is 0 Å². The number of allylic oxidation sites excluding steroid dienone is 1. The largest absolute Gasteiger partial charge is 0.264 e. The van der Waals surface area contributed by atoms with Crippen LogP contribution in [-0.2, 0) is 0 Å². The Morgan fingerprint density at radius 2 is 1.86 bits per heavy atom. The van der Waals surface area contributed by atoms with Crippen LogP contribution in [0.3, 0.4) is 0 Å². The lowest BCUT2D eigenvalue weighted by Gasteiger charge is -1.98. The minimum Gasteiger partial charge on any atom is -0.264 e. The van der Waals surface area contributed by atoms with Crippen molar-refractivity contribution in [1.29, 1.82) is 0 Å². The highest BCUT2D eigenvalue weighted by Gasteiger charge is 1.93. The number of benzene rings is 1. The topological polar surface area (TPSA) is 12.9 Å². The van der Waals surface area contributed by atoms with Crippen molar-refractivity contribution in [2.45, 2.75) is 13.8 Å². The molecule has 0 bridgehead atoms. The molecule has 1 heteroatoms. The molecule has 0 saturated carbocycles. The first kappa shape index (κ1) is 10.5. The van der Waals surface area contributed by atoms with E-state index in [1.54, 1.807) is 6.08 Å². The van der Waals surface area contributed by atoms with Gasteiger partial charge in [-0.2, -0.15) is 0 Å². The summed E-state index contributed by atoms with van der Waals surface area (Å²) in [4.78, 5) is 4.11. The van der Waals surface area contributed by atoms with E-state index in [1.165, 1.54) is 16.3 Å². The Labute approximate surface area is 85.1 Å². The normalized spacial score (nSPS) is 9.00. The van der Waals surface area contributed by atoms with Gasteiger partial charge in [0, 0.05) is 17.8 Å². The van der Waals surface area contributed by atoms with Gasteiger partial charge in [-0.05, 0) is 24.8 Å². The number of aromatic nitrogens is 1. The molecule has 1 aromatic carbocycles. The summed E-state index contributed by atoms with van der Waals surface area (Å²) >= 11 is 0. The van der Waals surface area contributed by atoms with Crippen LogP contribution in [0, 0.1) is 6.92 Å². The van der Waals surface area contributed by atoms with Crippen LogP contribution in [0.15, 0.2) is 49.3 Å². The van der Waals surface area contributed by atoms with Crippen LogP contribution in [0.1, 0.15) is 12.5 Å².